The fourth-order valence-electron chi connectivity index (χ4n) is 2.64. The molecular weight excluding hydrogens is 270 g/mol. The second-order valence-corrected chi connectivity index (χ2v) is 5.44. The summed E-state index contributed by atoms with van der Waals surface area (Å²) in [6, 6.07) is 24.6. The third kappa shape index (κ3) is 2.29. The summed E-state index contributed by atoms with van der Waals surface area (Å²) in [5.41, 5.74) is 6.25. The van der Waals surface area contributed by atoms with E-state index in [1.165, 1.54) is 11.1 Å². The number of fused-ring (bicyclic) bond motifs is 1. The van der Waals surface area contributed by atoms with Gasteiger partial charge in [0.1, 0.15) is 5.52 Å². The number of aromatic nitrogens is 1. The van der Waals surface area contributed by atoms with E-state index in [9.17, 15) is 0 Å². The van der Waals surface area contributed by atoms with Crippen LogP contribution in [0.15, 0.2) is 77.2 Å². The van der Waals surface area contributed by atoms with Gasteiger partial charge in [-0.15, -0.1) is 0 Å². The second kappa shape index (κ2) is 5.15. The van der Waals surface area contributed by atoms with E-state index in [2.05, 4.69) is 48.3 Å². The summed E-state index contributed by atoms with van der Waals surface area (Å²) in [6.45, 7) is 2.07. The smallest absolute Gasteiger partial charge is 0.227 e. The molecule has 3 aromatic carbocycles. The molecule has 0 radical (unpaired) electrons. The molecule has 0 aliphatic carbocycles. The van der Waals surface area contributed by atoms with Crippen molar-refractivity contribution >= 4 is 11.1 Å². The molecule has 0 fully saturated rings. The summed E-state index contributed by atoms with van der Waals surface area (Å²) in [5.74, 6) is 0.670. The van der Waals surface area contributed by atoms with Crippen LogP contribution in [-0.4, -0.2) is 4.98 Å². The fourth-order valence-corrected chi connectivity index (χ4v) is 2.64. The topological polar surface area (TPSA) is 26.0 Å². The number of hydrogen-bond acceptors (Lipinski definition) is 2. The van der Waals surface area contributed by atoms with Gasteiger partial charge in [0.05, 0.1) is 0 Å². The largest absolute Gasteiger partial charge is 0.436 e. The molecule has 1 aromatic heterocycles. The Balaban J connectivity index is 1.82. The third-order valence-corrected chi connectivity index (χ3v) is 3.76. The van der Waals surface area contributed by atoms with Gasteiger partial charge in [0.2, 0.25) is 5.89 Å². The highest BCUT2D eigenvalue weighted by atomic mass is 16.3. The molecule has 0 atom stereocenters. The summed E-state index contributed by atoms with van der Waals surface area (Å²) in [7, 11) is 0. The van der Waals surface area contributed by atoms with Crippen molar-refractivity contribution in [2.45, 2.75) is 6.92 Å². The lowest BCUT2D eigenvalue weighted by Gasteiger charge is -1.99. The molecule has 0 spiro atoms. The van der Waals surface area contributed by atoms with Crippen LogP contribution in [0.3, 0.4) is 0 Å². The highest BCUT2D eigenvalue weighted by Gasteiger charge is 2.09. The molecule has 2 nitrogen and oxygen atoms in total. The summed E-state index contributed by atoms with van der Waals surface area (Å²) >= 11 is 0. The van der Waals surface area contributed by atoms with Gasteiger partial charge in [-0.05, 0) is 42.3 Å². The van der Waals surface area contributed by atoms with Gasteiger partial charge in [-0.2, -0.15) is 0 Å². The van der Waals surface area contributed by atoms with Crippen molar-refractivity contribution in [2.75, 3.05) is 0 Å². The monoisotopic (exact) mass is 285 g/mol. The third-order valence-electron chi connectivity index (χ3n) is 3.76. The van der Waals surface area contributed by atoms with Gasteiger partial charge in [0.25, 0.3) is 0 Å². The molecule has 4 aromatic rings. The Hall–Kier alpha value is -2.87. The van der Waals surface area contributed by atoms with Crippen LogP contribution >= 0.6 is 0 Å². The Morgan fingerprint density at radius 3 is 2.36 bits per heavy atom. The first kappa shape index (κ1) is 12.8. The number of benzene rings is 3. The Labute approximate surface area is 129 Å². The maximum Gasteiger partial charge on any atom is 0.227 e. The van der Waals surface area contributed by atoms with Crippen LogP contribution in [0.5, 0.6) is 0 Å². The Morgan fingerprint density at radius 1 is 0.727 bits per heavy atom. The van der Waals surface area contributed by atoms with Gasteiger partial charge in [-0.1, -0.05) is 54.1 Å². The maximum atomic E-state index is 5.89. The summed E-state index contributed by atoms with van der Waals surface area (Å²) < 4.78 is 5.89. The molecule has 0 amide bonds. The first-order valence-corrected chi connectivity index (χ1v) is 7.33. The minimum atomic E-state index is 0.670. The van der Waals surface area contributed by atoms with E-state index >= 15 is 0 Å². The molecule has 0 aliphatic heterocycles. The average molecular weight is 285 g/mol. The number of hydrogen-bond donors (Lipinski definition) is 0. The average Bonchev–Trinajstić information content (AvgIpc) is 2.99. The van der Waals surface area contributed by atoms with Crippen LogP contribution in [0.25, 0.3) is 33.7 Å². The normalized spacial score (nSPS) is 11.0. The quantitative estimate of drug-likeness (QED) is 0.488. The van der Waals surface area contributed by atoms with Gasteiger partial charge < -0.3 is 4.42 Å². The van der Waals surface area contributed by atoms with Crippen molar-refractivity contribution in [3.8, 4) is 22.6 Å². The van der Waals surface area contributed by atoms with E-state index in [4.69, 9.17) is 4.42 Å². The molecule has 1 heterocycles. The minimum Gasteiger partial charge on any atom is -0.436 e. The van der Waals surface area contributed by atoms with Crippen LogP contribution < -0.4 is 0 Å². The van der Waals surface area contributed by atoms with Crippen molar-refractivity contribution in [3.05, 3.63) is 78.4 Å². The Bertz CT molecular complexity index is 938. The minimum absolute atomic E-state index is 0.670. The molecule has 2 heteroatoms. The molecule has 0 aliphatic rings. The summed E-state index contributed by atoms with van der Waals surface area (Å²) in [6.07, 6.45) is 0. The Kier molecular flexibility index (Phi) is 3.01. The van der Waals surface area contributed by atoms with Gasteiger partial charge in [0, 0.05) is 5.56 Å². The first-order chi connectivity index (χ1) is 10.8. The van der Waals surface area contributed by atoms with Crippen LogP contribution in [-0.2, 0) is 0 Å². The van der Waals surface area contributed by atoms with E-state index in [0.29, 0.717) is 5.89 Å². The van der Waals surface area contributed by atoms with Crippen LogP contribution in [0.1, 0.15) is 5.56 Å². The van der Waals surface area contributed by atoms with Gasteiger partial charge in [-0.25, -0.2) is 4.98 Å². The molecule has 0 N–H and O–H groups in total. The van der Waals surface area contributed by atoms with Crippen LogP contribution in [0.4, 0.5) is 0 Å². The van der Waals surface area contributed by atoms with Crippen LogP contribution in [0, 0.1) is 6.92 Å². The molecule has 106 valence electrons. The van der Waals surface area contributed by atoms with Gasteiger partial charge in [-0.3, -0.25) is 0 Å². The van der Waals surface area contributed by atoms with Crippen molar-refractivity contribution in [1.29, 1.82) is 0 Å². The fraction of sp³-hybridized carbons (Fsp3) is 0.0500. The molecular formula is C20H15NO. The Morgan fingerprint density at radius 2 is 1.55 bits per heavy atom. The predicted molar refractivity (Wildman–Crippen MR) is 89.6 cm³/mol. The number of oxazole rings is 1. The lowest BCUT2D eigenvalue weighted by molar-refractivity contribution is 0.620. The van der Waals surface area contributed by atoms with Gasteiger partial charge in [0.15, 0.2) is 5.58 Å². The lowest BCUT2D eigenvalue weighted by Crippen LogP contribution is -1.79. The highest BCUT2D eigenvalue weighted by Crippen LogP contribution is 2.28. The van der Waals surface area contributed by atoms with Gasteiger partial charge >= 0.3 is 0 Å². The first-order valence-electron chi connectivity index (χ1n) is 7.33. The van der Waals surface area contributed by atoms with Crippen molar-refractivity contribution < 1.29 is 4.42 Å². The summed E-state index contributed by atoms with van der Waals surface area (Å²) in [4.78, 5) is 4.64. The van der Waals surface area contributed by atoms with E-state index in [1.54, 1.807) is 0 Å². The van der Waals surface area contributed by atoms with Crippen LogP contribution in [0.2, 0.25) is 0 Å². The molecule has 0 saturated heterocycles. The molecule has 0 unspecified atom stereocenters. The van der Waals surface area contributed by atoms with E-state index < -0.39 is 0 Å². The molecule has 0 saturated carbocycles. The zero-order chi connectivity index (χ0) is 14.9. The van der Waals surface area contributed by atoms with E-state index in [1.807, 2.05) is 36.4 Å². The lowest BCUT2D eigenvalue weighted by atomic mass is 10.1. The zero-order valence-corrected chi connectivity index (χ0v) is 12.3. The van der Waals surface area contributed by atoms with Crippen molar-refractivity contribution in [2.24, 2.45) is 0 Å². The highest BCUT2D eigenvalue weighted by molar-refractivity contribution is 5.82. The standard InChI is InChI=1S/C20H15NO/c1-14-6-5-9-17(12-14)20-21-18-13-16(10-11-19(18)22-20)15-7-3-2-4-8-15/h2-13H,1H3. The van der Waals surface area contributed by atoms with Crippen molar-refractivity contribution in [1.82, 2.24) is 4.98 Å². The molecule has 22 heavy (non-hydrogen) atoms. The predicted octanol–water partition coefficient (Wildman–Crippen LogP) is 5.47. The number of nitrogens with zero attached hydrogens (tertiary/aromatic N) is 1. The molecule has 4 rings (SSSR count). The van der Waals surface area contributed by atoms with Crippen molar-refractivity contribution in [3.63, 3.8) is 0 Å². The van der Waals surface area contributed by atoms with E-state index in [0.717, 1.165) is 22.2 Å². The number of aryl methyl sites for hydroxylation is 1. The maximum absolute atomic E-state index is 5.89. The van der Waals surface area contributed by atoms with E-state index in [-0.39, 0.29) is 0 Å². The summed E-state index contributed by atoms with van der Waals surface area (Å²) in [5, 5.41) is 0. The second-order valence-electron chi connectivity index (χ2n) is 5.44. The number of rotatable bonds is 2. The zero-order valence-electron chi connectivity index (χ0n) is 12.3. The molecule has 0 bridgehead atoms. The SMILES string of the molecule is Cc1cccc(-c2nc3cc(-c4ccccc4)ccc3o2)c1.